The van der Waals surface area contributed by atoms with E-state index < -0.39 is 0 Å². The number of hydrogen-bond donors (Lipinski definition) is 1. The summed E-state index contributed by atoms with van der Waals surface area (Å²) in [4.78, 5) is 5.07. The smallest absolute Gasteiger partial charge is 0.0537 e. The number of hydrogen-bond acceptors (Lipinski definition) is 3. The van der Waals surface area contributed by atoms with Crippen LogP contribution in [0.4, 0.5) is 11.4 Å². The summed E-state index contributed by atoms with van der Waals surface area (Å²) in [5.74, 6) is 0. The molecule has 4 rings (SSSR count). The van der Waals surface area contributed by atoms with Gasteiger partial charge in [-0.05, 0) is 61.9 Å². The standard InChI is InChI=1S/C20H27N3/c1-14-13-17-8-7-15(2)23(18-5-4-6-18)20(17)16(3)19(14)22-11-9-21-10-12-22/h7-8,13,18,21H,2,4-6,9-12H2,1,3H3. The summed E-state index contributed by atoms with van der Waals surface area (Å²) < 4.78 is 0. The second-order valence-electron chi connectivity index (χ2n) is 7.12. The molecule has 3 aliphatic rings. The van der Waals surface area contributed by atoms with E-state index in [1.807, 2.05) is 0 Å². The fourth-order valence-corrected chi connectivity index (χ4v) is 4.29. The Balaban J connectivity index is 1.82. The minimum atomic E-state index is 0.642. The third-order valence-electron chi connectivity index (χ3n) is 5.61. The summed E-state index contributed by atoms with van der Waals surface area (Å²) >= 11 is 0. The van der Waals surface area contributed by atoms with Gasteiger partial charge in [-0.1, -0.05) is 12.7 Å². The van der Waals surface area contributed by atoms with Crippen LogP contribution in [0.1, 0.15) is 36.0 Å². The lowest BCUT2D eigenvalue weighted by Gasteiger charge is -2.44. The van der Waals surface area contributed by atoms with Gasteiger partial charge < -0.3 is 15.1 Å². The lowest BCUT2D eigenvalue weighted by molar-refractivity contribution is 0.404. The Morgan fingerprint density at radius 1 is 1.09 bits per heavy atom. The zero-order valence-corrected chi connectivity index (χ0v) is 14.4. The maximum Gasteiger partial charge on any atom is 0.0537 e. The largest absolute Gasteiger partial charge is 0.368 e. The Bertz CT molecular complexity index is 664. The van der Waals surface area contributed by atoms with E-state index in [0.717, 1.165) is 31.9 Å². The lowest BCUT2D eigenvalue weighted by atomic mass is 9.87. The van der Waals surface area contributed by atoms with Crippen LogP contribution in [-0.2, 0) is 0 Å². The first-order chi connectivity index (χ1) is 11.2. The molecule has 0 bridgehead atoms. The first-order valence-corrected chi connectivity index (χ1v) is 8.93. The maximum absolute atomic E-state index is 4.32. The average Bonchev–Trinajstić information content (AvgIpc) is 2.49. The van der Waals surface area contributed by atoms with Gasteiger partial charge in [0.25, 0.3) is 0 Å². The van der Waals surface area contributed by atoms with E-state index >= 15 is 0 Å². The Labute approximate surface area is 139 Å². The molecule has 1 aromatic carbocycles. The van der Waals surface area contributed by atoms with Crippen LogP contribution in [-0.4, -0.2) is 32.2 Å². The van der Waals surface area contributed by atoms with Crippen LogP contribution < -0.4 is 15.1 Å². The summed E-state index contributed by atoms with van der Waals surface area (Å²) in [6, 6.07) is 3.01. The molecule has 0 amide bonds. The fourth-order valence-electron chi connectivity index (χ4n) is 4.29. The number of nitrogens with one attached hydrogen (secondary N) is 1. The Morgan fingerprint density at radius 3 is 2.48 bits per heavy atom. The Hall–Kier alpha value is -1.74. The van der Waals surface area contributed by atoms with E-state index in [0.29, 0.717) is 6.04 Å². The molecule has 2 aliphatic heterocycles. The Kier molecular flexibility index (Phi) is 3.68. The molecule has 2 fully saturated rings. The summed E-state index contributed by atoms with van der Waals surface area (Å²) in [7, 11) is 0. The third-order valence-corrected chi connectivity index (χ3v) is 5.61. The van der Waals surface area contributed by atoms with Gasteiger partial charge in [-0.3, -0.25) is 0 Å². The first-order valence-electron chi connectivity index (χ1n) is 8.93. The molecule has 1 saturated carbocycles. The topological polar surface area (TPSA) is 18.5 Å². The van der Waals surface area contributed by atoms with E-state index in [9.17, 15) is 0 Å². The van der Waals surface area contributed by atoms with Crippen LogP contribution in [0.5, 0.6) is 0 Å². The number of fused-ring (bicyclic) bond motifs is 1. The van der Waals surface area contributed by atoms with E-state index in [-0.39, 0.29) is 0 Å². The van der Waals surface area contributed by atoms with Crippen molar-refractivity contribution in [2.24, 2.45) is 0 Å². The molecule has 1 aromatic rings. The monoisotopic (exact) mass is 309 g/mol. The van der Waals surface area contributed by atoms with E-state index in [1.54, 1.807) is 0 Å². The molecule has 1 saturated heterocycles. The second kappa shape index (κ2) is 5.72. The highest BCUT2D eigenvalue weighted by atomic mass is 15.2. The predicted molar refractivity (Wildman–Crippen MR) is 99.3 cm³/mol. The van der Waals surface area contributed by atoms with Crippen LogP contribution in [0.3, 0.4) is 0 Å². The van der Waals surface area contributed by atoms with Crippen LogP contribution >= 0.6 is 0 Å². The highest BCUT2D eigenvalue weighted by Crippen LogP contribution is 2.44. The van der Waals surface area contributed by atoms with E-state index in [1.165, 1.54) is 47.3 Å². The number of benzene rings is 1. The number of rotatable bonds is 2. The summed E-state index contributed by atoms with van der Waals surface area (Å²) in [5, 5.41) is 3.46. The van der Waals surface area contributed by atoms with Crippen molar-refractivity contribution in [1.82, 2.24) is 5.32 Å². The highest BCUT2D eigenvalue weighted by Gasteiger charge is 2.32. The zero-order chi connectivity index (χ0) is 16.0. The van der Waals surface area contributed by atoms with Crippen LogP contribution in [0.2, 0.25) is 0 Å². The molecule has 1 aliphatic carbocycles. The molecular weight excluding hydrogens is 282 g/mol. The van der Waals surface area contributed by atoms with Crippen molar-refractivity contribution in [2.75, 3.05) is 36.0 Å². The van der Waals surface area contributed by atoms with Crippen molar-refractivity contribution >= 4 is 17.5 Å². The lowest BCUT2D eigenvalue weighted by Crippen LogP contribution is -2.45. The molecule has 3 heteroatoms. The normalized spacial score (nSPS) is 21.4. The molecule has 0 spiro atoms. The second-order valence-corrected chi connectivity index (χ2v) is 7.12. The van der Waals surface area contributed by atoms with Gasteiger partial charge in [0.05, 0.1) is 5.69 Å². The van der Waals surface area contributed by atoms with Crippen molar-refractivity contribution in [2.45, 2.75) is 39.2 Å². The minimum absolute atomic E-state index is 0.642. The average molecular weight is 309 g/mol. The van der Waals surface area contributed by atoms with Gasteiger partial charge in [0.15, 0.2) is 0 Å². The molecule has 0 atom stereocenters. The van der Waals surface area contributed by atoms with Gasteiger partial charge in [-0.2, -0.15) is 0 Å². The number of anilines is 2. The molecule has 0 unspecified atom stereocenters. The van der Waals surface area contributed by atoms with Crippen molar-refractivity contribution in [3.05, 3.63) is 41.1 Å². The van der Waals surface area contributed by atoms with Crippen LogP contribution in [0, 0.1) is 13.8 Å². The van der Waals surface area contributed by atoms with Gasteiger partial charge in [0.2, 0.25) is 0 Å². The van der Waals surface area contributed by atoms with Crippen molar-refractivity contribution < 1.29 is 0 Å². The summed E-state index contributed by atoms with van der Waals surface area (Å²) in [6.07, 6.45) is 8.37. The van der Waals surface area contributed by atoms with Crippen molar-refractivity contribution in [1.29, 1.82) is 0 Å². The predicted octanol–water partition coefficient (Wildman–Crippen LogP) is 3.61. The number of piperazine rings is 1. The number of allylic oxidation sites excluding steroid dienone is 1. The fraction of sp³-hybridized carbons (Fsp3) is 0.500. The summed E-state index contributed by atoms with van der Waals surface area (Å²) in [6.45, 7) is 13.2. The number of aryl methyl sites for hydroxylation is 1. The molecule has 0 radical (unpaired) electrons. The van der Waals surface area contributed by atoms with Crippen LogP contribution in [0.25, 0.3) is 6.08 Å². The Morgan fingerprint density at radius 2 is 1.83 bits per heavy atom. The quantitative estimate of drug-likeness (QED) is 0.900. The summed E-state index contributed by atoms with van der Waals surface area (Å²) in [5.41, 5.74) is 8.19. The van der Waals surface area contributed by atoms with E-state index in [4.69, 9.17) is 0 Å². The molecule has 1 N–H and O–H groups in total. The number of nitrogens with zero attached hydrogens (tertiary/aromatic N) is 2. The van der Waals surface area contributed by atoms with Gasteiger partial charge in [-0.15, -0.1) is 0 Å². The van der Waals surface area contributed by atoms with Gasteiger partial charge in [-0.25, -0.2) is 0 Å². The zero-order valence-electron chi connectivity index (χ0n) is 14.4. The van der Waals surface area contributed by atoms with Gasteiger partial charge >= 0.3 is 0 Å². The maximum atomic E-state index is 4.32. The molecular formula is C20H27N3. The van der Waals surface area contributed by atoms with Crippen LogP contribution in [0.15, 0.2) is 24.4 Å². The van der Waals surface area contributed by atoms with Crippen molar-refractivity contribution in [3.63, 3.8) is 0 Å². The SMILES string of the molecule is C=C1C=Cc2cc(C)c(N3CCNCC3)c(C)c2N1C1CCC1. The highest BCUT2D eigenvalue weighted by molar-refractivity contribution is 5.85. The van der Waals surface area contributed by atoms with Gasteiger partial charge in [0, 0.05) is 43.6 Å². The first kappa shape index (κ1) is 14.8. The van der Waals surface area contributed by atoms with Gasteiger partial charge in [0.1, 0.15) is 0 Å². The molecule has 0 aromatic heterocycles. The molecule has 3 nitrogen and oxygen atoms in total. The minimum Gasteiger partial charge on any atom is -0.368 e. The molecule has 122 valence electrons. The molecule has 2 heterocycles. The van der Waals surface area contributed by atoms with Crippen molar-refractivity contribution in [3.8, 4) is 0 Å². The third kappa shape index (κ3) is 2.38. The molecule has 23 heavy (non-hydrogen) atoms. The van der Waals surface area contributed by atoms with E-state index in [2.05, 4.69) is 53.8 Å².